The van der Waals surface area contributed by atoms with Crippen LogP contribution in [0, 0.1) is 11.3 Å². The molecule has 2 amide bonds. The molecule has 0 aliphatic heterocycles. The number of hydrogen-bond acceptors (Lipinski definition) is 4. The van der Waals surface area contributed by atoms with E-state index in [2.05, 4.69) is 0 Å². The molecule has 0 bridgehead atoms. The molecule has 0 rings (SSSR count). The Balaban J connectivity index is 4.53. The van der Waals surface area contributed by atoms with E-state index in [4.69, 9.17) is 5.26 Å². The van der Waals surface area contributed by atoms with Crippen LogP contribution in [0.3, 0.4) is 0 Å². The molecule has 70 valence electrons. The maximum atomic E-state index is 11.1. The number of hydrogen-bond donors (Lipinski definition) is 1. The highest BCUT2D eigenvalue weighted by atomic mass is 16.2. The normalized spacial score (nSPS) is 10.2. The van der Waals surface area contributed by atoms with E-state index >= 15 is 0 Å². The molecule has 0 heterocycles. The molecule has 5 heteroatoms. The molecule has 0 atom stereocenters. The van der Waals surface area contributed by atoms with Crippen molar-refractivity contribution in [3.8, 4) is 6.07 Å². The largest absolute Gasteiger partial charge is 0.382 e. The van der Waals surface area contributed by atoms with E-state index in [9.17, 15) is 9.59 Å². The molecule has 0 aromatic heterocycles. The lowest BCUT2D eigenvalue weighted by molar-refractivity contribution is -0.126. The zero-order valence-electron chi connectivity index (χ0n) is 7.79. The topological polar surface area (TPSA) is 73.2 Å². The van der Waals surface area contributed by atoms with Gasteiger partial charge < -0.3 is 4.90 Å². The summed E-state index contributed by atoms with van der Waals surface area (Å²) in [5, 5.41) is 10.5. The predicted octanol–water partition coefficient (Wildman–Crippen LogP) is -0.382. The van der Waals surface area contributed by atoms with Gasteiger partial charge in [-0.2, -0.15) is 5.26 Å². The zero-order chi connectivity index (χ0) is 10.4. The molecule has 0 unspecified atom stereocenters. The molecule has 1 N–H and O–H groups in total. The Hall–Kier alpha value is -1.83. The van der Waals surface area contributed by atoms with Crippen molar-refractivity contribution in [2.24, 2.45) is 0 Å². The van der Waals surface area contributed by atoms with Gasteiger partial charge in [0.2, 0.25) is 5.91 Å². The molecule has 0 aliphatic carbocycles. The van der Waals surface area contributed by atoms with Gasteiger partial charge in [-0.05, 0) is 0 Å². The standard InChI is InChI=1S/C8H11N3O2/c1-6(12)10-8(13)7(4-9)5-11(2)3/h5H,1-3H3,(H,10,12,13)/b7-5+. The highest BCUT2D eigenvalue weighted by molar-refractivity contribution is 6.05. The van der Waals surface area contributed by atoms with Gasteiger partial charge in [-0.3, -0.25) is 14.9 Å². The van der Waals surface area contributed by atoms with Crippen LogP contribution in [-0.4, -0.2) is 30.8 Å². The lowest BCUT2D eigenvalue weighted by atomic mass is 10.3. The maximum absolute atomic E-state index is 11.1. The average molecular weight is 181 g/mol. The molecule has 0 aliphatic rings. The van der Waals surface area contributed by atoms with E-state index in [0.717, 1.165) is 0 Å². The summed E-state index contributed by atoms with van der Waals surface area (Å²) in [5.41, 5.74) is -0.0970. The van der Waals surface area contributed by atoms with E-state index in [1.165, 1.54) is 13.1 Å². The summed E-state index contributed by atoms with van der Waals surface area (Å²) in [6.45, 7) is 1.21. The second kappa shape index (κ2) is 4.93. The summed E-state index contributed by atoms with van der Waals surface area (Å²) >= 11 is 0. The number of nitrogens with one attached hydrogen (secondary N) is 1. The highest BCUT2D eigenvalue weighted by Gasteiger charge is 2.09. The van der Waals surface area contributed by atoms with Crippen LogP contribution in [0.15, 0.2) is 11.8 Å². The summed E-state index contributed by atoms with van der Waals surface area (Å²) in [6.07, 6.45) is 1.35. The molecule has 0 saturated carbocycles. The smallest absolute Gasteiger partial charge is 0.269 e. The number of nitriles is 1. The average Bonchev–Trinajstić information content (AvgIpc) is 1.98. The third kappa shape index (κ3) is 4.58. The molecule has 0 radical (unpaired) electrons. The van der Waals surface area contributed by atoms with Crippen molar-refractivity contribution in [1.29, 1.82) is 5.26 Å². The SMILES string of the molecule is CC(=O)NC(=O)/C(C#N)=C/N(C)C. The summed E-state index contributed by atoms with van der Waals surface area (Å²) in [5.74, 6) is -1.16. The second-order valence-electron chi connectivity index (χ2n) is 2.63. The van der Waals surface area contributed by atoms with Crippen molar-refractivity contribution in [3.63, 3.8) is 0 Å². The first kappa shape index (κ1) is 11.2. The Labute approximate surface area is 76.6 Å². The van der Waals surface area contributed by atoms with Crippen molar-refractivity contribution in [2.45, 2.75) is 6.92 Å². The third-order valence-corrected chi connectivity index (χ3v) is 1.04. The molecule has 0 saturated heterocycles. The predicted molar refractivity (Wildman–Crippen MR) is 46.2 cm³/mol. The van der Waals surface area contributed by atoms with Crippen LogP contribution in [0.1, 0.15) is 6.92 Å². The second-order valence-corrected chi connectivity index (χ2v) is 2.63. The van der Waals surface area contributed by atoms with Crippen LogP contribution in [0.5, 0.6) is 0 Å². The maximum Gasteiger partial charge on any atom is 0.269 e. The van der Waals surface area contributed by atoms with Crippen LogP contribution in [0.2, 0.25) is 0 Å². The van der Waals surface area contributed by atoms with Gasteiger partial charge in [0.25, 0.3) is 5.91 Å². The van der Waals surface area contributed by atoms with E-state index in [0.29, 0.717) is 0 Å². The Bertz CT molecular complexity index is 286. The van der Waals surface area contributed by atoms with Crippen LogP contribution in [-0.2, 0) is 9.59 Å². The number of nitrogens with zero attached hydrogens (tertiary/aromatic N) is 2. The Kier molecular flexibility index (Phi) is 4.24. The van der Waals surface area contributed by atoms with E-state index in [1.54, 1.807) is 25.1 Å². The lowest BCUT2D eigenvalue weighted by Crippen LogP contribution is -2.29. The summed E-state index contributed by atoms with van der Waals surface area (Å²) in [4.78, 5) is 23.1. The monoisotopic (exact) mass is 181 g/mol. The molecule has 0 aromatic carbocycles. The highest BCUT2D eigenvalue weighted by Crippen LogP contribution is 1.93. The first-order chi connectivity index (χ1) is 5.97. The fourth-order valence-electron chi connectivity index (χ4n) is 0.624. The minimum atomic E-state index is -0.677. The molecular weight excluding hydrogens is 170 g/mol. The molecule has 0 fully saturated rings. The van der Waals surface area contributed by atoms with Gasteiger partial charge in [0, 0.05) is 27.2 Å². The Morgan fingerprint density at radius 3 is 2.31 bits per heavy atom. The quantitative estimate of drug-likeness (QED) is 0.465. The van der Waals surface area contributed by atoms with Crippen molar-refractivity contribution < 1.29 is 9.59 Å². The van der Waals surface area contributed by atoms with Crippen LogP contribution >= 0.6 is 0 Å². The molecule has 0 aromatic rings. The Morgan fingerprint density at radius 1 is 1.46 bits per heavy atom. The number of imide groups is 1. The zero-order valence-corrected chi connectivity index (χ0v) is 7.79. The number of carbonyl (C=O) groups is 2. The van der Waals surface area contributed by atoms with Crippen molar-refractivity contribution in [3.05, 3.63) is 11.8 Å². The van der Waals surface area contributed by atoms with Crippen molar-refractivity contribution in [1.82, 2.24) is 10.2 Å². The van der Waals surface area contributed by atoms with Gasteiger partial charge in [-0.1, -0.05) is 0 Å². The third-order valence-electron chi connectivity index (χ3n) is 1.04. The van der Waals surface area contributed by atoms with E-state index in [1.807, 2.05) is 5.32 Å². The first-order valence-electron chi connectivity index (χ1n) is 3.57. The summed E-state index contributed by atoms with van der Waals surface area (Å²) in [7, 11) is 3.36. The van der Waals surface area contributed by atoms with Crippen LogP contribution < -0.4 is 5.32 Å². The summed E-state index contributed by atoms with van der Waals surface area (Å²) in [6, 6.07) is 1.69. The van der Waals surface area contributed by atoms with Gasteiger partial charge in [0.1, 0.15) is 11.6 Å². The molecule has 13 heavy (non-hydrogen) atoms. The number of rotatable bonds is 2. The van der Waals surface area contributed by atoms with Crippen molar-refractivity contribution >= 4 is 11.8 Å². The van der Waals surface area contributed by atoms with Crippen LogP contribution in [0.25, 0.3) is 0 Å². The first-order valence-corrected chi connectivity index (χ1v) is 3.57. The summed E-state index contributed by atoms with van der Waals surface area (Å²) < 4.78 is 0. The van der Waals surface area contributed by atoms with Gasteiger partial charge in [-0.25, -0.2) is 0 Å². The lowest BCUT2D eigenvalue weighted by Gasteiger charge is -2.05. The minimum Gasteiger partial charge on any atom is -0.382 e. The minimum absolute atomic E-state index is 0.0970. The fraction of sp³-hybridized carbons (Fsp3) is 0.375. The van der Waals surface area contributed by atoms with E-state index in [-0.39, 0.29) is 5.57 Å². The Morgan fingerprint density at radius 2 is 2.00 bits per heavy atom. The number of carbonyl (C=O) groups excluding carboxylic acids is 2. The van der Waals surface area contributed by atoms with Gasteiger partial charge in [0.05, 0.1) is 0 Å². The number of amides is 2. The van der Waals surface area contributed by atoms with Crippen molar-refractivity contribution in [2.75, 3.05) is 14.1 Å². The van der Waals surface area contributed by atoms with Gasteiger partial charge in [-0.15, -0.1) is 0 Å². The van der Waals surface area contributed by atoms with Gasteiger partial charge >= 0.3 is 0 Å². The molecular formula is C8H11N3O2. The van der Waals surface area contributed by atoms with Crippen LogP contribution in [0.4, 0.5) is 0 Å². The fourth-order valence-corrected chi connectivity index (χ4v) is 0.624. The van der Waals surface area contributed by atoms with E-state index < -0.39 is 11.8 Å². The van der Waals surface area contributed by atoms with Gasteiger partial charge in [0.15, 0.2) is 0 Å². The molecule has 5 nitrogen and oxygen atoms in total. The molecule has 0 spiro atoms.